The Bertz CT molecular complexity index is 580. The fraction of sp³-hybridized carbons (Fsp3) is 0.500. The lowest BCUT2D eigenvalue weighted by molar-refractivity contribution is -0.146. The molecule has 0 unspecified atom stereocenters. The van der Waals surface area contributed by atoms with Crippen LogP contribution in [-0.4, -0.2) is 37.9 Å². The first kappa shape index (κ1) is 15.0. The van der Waals surface area contributed by atoms with Gasteiger partial charge in [0.05, 0.1) is 11.5 Å². The van der Waals surface area contributed by atoms with Gasteiger partial charge in [0.1, 0.15) is 6.04 Å². The van der Waals surface area contributed by atoms with Gasteiger partial charge in [0, 0.05) is 6.54 Å². The molecule has 1 saturated heterocycles. The summed E-state index contributed by atoms with van der Waals surface area (Å²) in [5, 5.41) is 0. The van der Waals surface area contributed by atoms with Crippen LogP contribution in [0.15, 0.2) is 29.2 Å². The van der Waals surface area contributed by atoms with Crippen LogP contribution in [0.25, 0.3) is 0 Å². The highest BCUT2D eigenvalue weighted by atomic mass is 32.2. The van der Waals surface area contributed by atoms with Crippen molar-refractivity contribution in [1.82, 2.24) is 4.31 Å². The SMILES string of the molecule is CCOC(=O)[C@@H]1CCCN1S(=O)(=O)c1ccc(C)cc1. The number of benzene rings is 1. The van der Waals surface area contributed by atoms with E-state index in [2.05, 4.69) is 0 Å². The Morgan fingerprint density at radius 1 is 1.35 bits per heavy atom. The Labute approximate surface area is 119 Å². The molecule has 0 aliphatic carbocycles. The van der Waals surface area contributed by atoms with E-state index >= 15 is 0 Å². The maximum absolute atomic E-state index is 12.6. The molecule has 1 aromatic rings. The van der Waals surface area contributed by atoms with Crippen molar-refractivity contribution < 1.29 is 17.9 Å². The van der Waals surface area contributed by atoms with Gasteiger partial charge in [-0.25, -0.2) is 8.42 Å². The predicted molar refractivity (Wildman–Crippen MR) is 74.7 cm³/mol. The topological polar surface area (TPSA) is 63.7 Å². The van der Waals surface area contributed by atoms with Crippen LogP contribution in [0.2, 0.25) is 0 Å². The number of hydrogen-bond donors (Lipinski definition) is 0. The number of rotatable bonds is 4. The van der Waals surface area contributed by atoms with Gasteiger partial charge in [0.2, 0.25) is 10.0 Å². The summed E-state index contributed by atoms with van der Waals surface area (Å²) in [4.78, 5) is 12.1. The molecule has 2 rings (SSSR count). The highest BCUT2D eigenvalue weighted by molar-refractivity contribution is 7.89. The molecule has 110 valence electrons. The van der Waals surface area contributed by atoms with Crippen molar-refractivity contribution in [2.75, 3.05) is 13.2 Å². The van der Waals surface area contributed by atoms with E-state index in [-0.39, 0.29) is 11.5 Å². The van der Waals surface area contributed by atoms with Crippen LogP contribution in [0.3, 0.4) is 0 Å². The average molecular weight is 297 g/mol. The lowest BCUT2D eigenvalue weighted by atomic mass is 10.2. The summed E-state index contributed by atoms with van der Waals surface area (Å²) in [6, 6.07) is 5.96. The molecule has 1 heterocycles. The standard InChI is InChI=1S/C14H19NO4S/c1-3-19-14(16)13-5-4-10-15(13)20(17,18)12-8-6-11(2)7-9-12/h6-9,13H,3-5,10H2,1-2H3/t13-/m0/s1. The van der Waals surface area contributed by atoms with Gasteiger partial charge in [-0.2, -0.15) is 4.31 Å². The molecule has 1 fully saturated rings. The van der Waals surface area contributed by atoms with Gasteiger partial charge in [-0.15, -0.1) is 0 Å². The molecule has 0 bridgehead atoms. The predicted octanol–water partition coefficient (Wildman–Crippen LogP) is 1.71. The molecule has 0 N–H and O–H groups in total. The van der Waals surface area contributed by atoms with Gasteiger partial charge in [-0.05, 0) is 38.8 Å². The fourth-order valence-electron chi connectivity index (χ4n) is 2.35. The third kappa shape index (κ3) is 2.86. The third-order valence-corrected chi connectivity index (χ3v) is 5.31. The van der Waals surface area contributed by atoms with Crippen LogP contribution in [0, 0.1) is 6.92 Å². The van der Waals surface area contributed by atoms with Crippen LogP contribution < -0.4 is 0 Å². The monoisotopic (exact) mass is 297 g/mol. The molecule has 0 saturated carbocycles. The molecular weight excluding hydrogens is 278 g/mol. The summed E-state index contributed by atoms with van der Waals surface area (Å²) in [6.45, 7) is 4.23. The molecular formula is C14H19NO4S. The van der Waals surface area contributed by atoms with E-state index < -0.39 is 22.0 Å². The maximum atomic E-state index is 12.6. The number of aryl methyl sites for hydroxylation is 1. The van der Waals surface area contributed by atoms with Crippen LogP contribution in [-0.2, 0) is 19.6 Å². The van der Waals surface area contributed by atoms with Crippen LogP contribution in [0.1, 0.15) is 25.3 Å². The first-order valence-electron chi connectivity index (χ1n) is 6.72. The summed E-state index contributed by atoms with van der Waals surface area (Å²) in [5.41, 5.74) is 0.993. The van der Waals surface area contributed by atoms with Crippen LogP contribution >= 0.6 is 0 Å². The second-order valence-corrected chi connectivity index (χ2v) is 6.73. The first-order valence-corrected chi connectivity index (χ1v) is 8.16. The quantitative estimate of drug-likeness (QED) is 0.794. The molecule has 1 aliphatic heterocycles. The van der Waals surface area contributed by atoms with Crippen molar-refractivity contribution in [3.63, 3.8) is 0 Å². The van der Waals surface area contributed by atoms with Gasteiger partial charge in [0.25, 0.3) is 0 Å². The number of sulfonamides is 1. The van der Waals surface area contributed by atoms with E-state index in [9.17, 15) is 13.2 Å². The third-order valence-electron chi connectivity index (χ3n) is 3.39. The number of ether oxygens (including phenoxy) is 1. The number of carbonyl (C=O) groups excluding carboxylic acids is 1. The van der Waals surface area contributed by atoms with Gasteiger partial charge >= 0.3 is 5.97 Å². The minimum absolute atomic E-state index is 0.222. The number of esters is 1. The number of nitrogens with zero attached hydrogens (tertiary/aromatic N) is 1. The van der Waals surface area contributed by atoms with Gasteiger partial charge in [0.15, 0.2) is 0 Å². The molecule has 20 heavy (non-hydrogen) atoms. The van der Waals surface area contributed by atoms with Crippen molar-refractivity contribution in [3.8, 4) is 0 Å². The Morgan fingerprint density at radius 2 is 2.00 bits per heavy atom. The molecule has 0 spiro atoms. The summed E-state index contributed by atoms with van der Waals surface area (Å²) < 4.78 is 31.4. The average Bonchev–Trinajstić information content (AvgIpc) is 2.89. The fourth-order valence-corrected chi connectivity index (χ4v) is 3.99. The van der Waals surface area contributed by atoms with E-state index in [0.717, 1.165) is 5.56 Å². The Morgan fingerprint density at radius 3 is 2.60 bits per heavy atom. The molecule has 1 atom stereocenters. The molecule has 5 nitrogen and oxygen atoms in total. The Kier molecular flexibility index (Phi) is 4.45. The minimum Gasteiger partial charge on any atom is -0.465 e. The minimum atomic E-state index is -3.64. The molecule has 0 radical (unpaired) electrons. The summed E-state index contributed by atoms with van der Waals surface area (Å²) in [6.07, 6.45) is 1.19. The Balaban J connectivity index is 2.28. The molecule has 0 amide bonds. The number of hydrogen-bond acceptors (Lipinski definition) is 4. The second kappa shape index (κ2) is 5.93. The van der Waals surface area contributed by atoms with E-state index in [0.29, 0.717) is 19.4 Å². The van der Waals surface area contributed by atoms with E-state index in [1.165, 1.54) is 4.31 Å². The Hall–Kier alpha value is -1.40. The zero-order valence-electron chi connectivity index (χ0n) is 11.7. The van der Waals surface area contributed by atoms with Crippen molar-refractivity contribution in [1.29, 1.82) is 0 Å². The zero-order valence-corrected chi connectivity index (χ0v) is 12.5. The van der Waals surface area contributed by atoms with Crippen molar-refractivity contribution in [3.05, 3.63) is 29.8 Å². The van der Waals surface area contributed by atoms with Gasteiger partial charge < -0.3 is 4.74 Å². The number of carbonyl (C=O) groups is 1. The molecule has 1 aromatic carbocycles. The first-order chi connectivity index (χ1) is 9.46. The highest BCUT2D eigenvalue weighted by Crippen LogP contribution is 2.26. The highest BCUT2D eigenvalue weighted by Gasteiger charge is 2.40. The van der Waals surface area contributed by atoms with Crippen molar-refractivity contribution >= 4 is 16.0 Å². The van der Waals surface area contributed by atoms with Gasteiger partial charge in [-0.3, -0.25) is 4.79 Å². The lowest BCUT2D eigenvalue weighted by Crippen LogP contribution is -2.41. The van der Waals surface area contributed by atoms with E-state index in [1.807, 2.05) is 6.92 Å². The maximum Gasteiger partial charge on any atom is 0.324 e. The van der Waals surface area contributed by atoms with Crippen LogP contribution in [0.4, 0.5) is 0 Å². The summed E-state index contributed by atoms with van der Waals surface area (Å²) in [7, 11) is -3.64. The summed E-state index contributed by atoms with van der Waals surface area (Å²) in [5.74, 6) is -0.458. The van der Waals surface area contributed by atoms with Crippen LogP contribution in [0.5, 0.6) is 0 Å². The van der Waals surface area contributed by atoms with Crippen molar-refractivity contribution in [2.45, 2.75) is 37.6 Å². The van der Waals surface area contributed by atoms with Crippen molar-refractivity contribution in [2.24, 2.45) is 0 Å². The van der Waals surface area contributed by atoms with Gasteiger partial charge in [-0.1, -0.05) is 17.7 Å². The molecule has 1 aliphatic rings. The normalized spacial score (nSPS) is 20.0. The van der Waals surface area contributed by atoms with E-state index in [4.69, 9.17) is 4.74 Å². The summed E-state index contributed by atoms with van der Waals surface area (Å²) >= 11 is 0. The lowest BCUT2D eigenvalue weighted by Gasteiger charge is -2.22. The molecule has 0 aromatic heterocycles. The van der Waals surface area contributed by atoms with E-state index in [1.54, 1.807) is 31.2 Å². The smallest absolute Gasteiger partial charge is 0.324 e. The molecule has 6 heteroatoms. The second-order valence-electron chi connectivity index (χ2n) is 4.84. The largest absolute Gasteiger partial charge is 0.465 e. The zero-order chi connectivity index (χ0) is 14.8.